The van der Waals surface area contributed by atoms with E-state index in [0.717, 1.165) is 45.5 Å². The first-order valence-corrected chi connectivity index (χ1v) is 30.5. The lowest BCUT2D eigenvalue weighted by Gasteiger charge is -2.35. The molecule has 1 unspecified atom stereocenters. The van der Waals surface area contributed by atoms with Gasteiger partial charge in [-0.25, -0.2) is 19.2 Å². The second-order valence-electron chi connectivity index (χ2n) is 22.6. The number of ether oxygens (including phenoxy) is 10. The molecular weight excluding hydrogens is 1230 g/mol. The molecular formula is C77H66O19. The number of hydrogen-bond donors (Lipinski definition) is 5. The Hall–Kier alpha value is -12.0. The van der Waals surface area contributed by atoms with Gasteiger partial charge in [-0.15, -0.1) is 0 Å². The largest absolute Gasteiger partial charge is 0.508 e. The van der Waals surface area contributed by atoms with Crippen molar-refractivity contribution in [1.29, 1.82) is 0 Å². The lowest BCUT2D eigenvalue weighted by atomic mass is 9.89. The molecule has 0 radical (unpaired) electrons. The van der Waals surface area contributed by atoms with Crippen molar-refractivity contribution in [3.63, 3.8) is 0 Å². The van der Waals surface area contributed by atoms with Gasteiger partial charge in [0.25, 0.3) is 0 Å². The Labute approximate surface area is 552 Å². The number of hydrogen-bond acceptors (Lipinski definition) is 19. The zero-order valence-electron chi connectivity index (χ0n) is 52.2. The van der Waals surface area contributed by atoms with E-state index in [1.165, 1.54) is 38.1 Å². The monoisotopic (exact) mass is 1290 g/mol. The summed E-state index contributed by atoms with van der Waals surface area (Å²) in [6, 6.07) is 62.8. The van der Waals surface area contributed by atoms with Crippen molar-refractivity contribution in [2.24, 2.45) is 0 Å². The predicted molar refractivity (Wildman–Crippen MR) is 351 cm³/mol. The van der Waals surface area contributed by atoms with Crippen LogP contribution in [-0.2, 0) is 58.6 Å². The molecule has 19 heteroatoms. The van der Waals surface area contributed by atoms with Gasteiger partial charge in [-0.05, 0) is 83.6 Å². The summed E-state index contributed by atoms with van der Waals surface area (Å²) in [4.78, 5) is 59.3. The van der Waals surface area contributed by atoms with Crippen LogP contribution >= 0.6 is 0 Å². The van der Waals surface area contributed by atoms with E-state index in [4.69, 9.17) is 47.4 Å². The molecule has 11 rings (SSSR count). The van der Waals surface area contributed by atoms with Gasteiger partial charge in [0.05, 0.1) is 22.3 Å². The van der Waals surface area contributed by atoms with E-state index in [0.29, 0.717) is 0 Å². The van der Waals surface area contributed by atoms with E-state index in [1.54, 1.807) is 0 Å². The molecule has 1 aliphatic rings. The lowest BCUT2D eigenvalue weighted by molar-refractivity contribution is -0.150. The Kier molecular flexibility index (Phi) is 20.6. The van der Waals surface area contributed by atoms with Crippen molar-refractivity contribution in [2.45, 2.75) is 65.2 Å². The van der Waals surface area contributed by atoms with Crippen LogP contribution < -0.4 is 28.4 Å². The highest BCUT2D eigenvalue weighted by atomic mass is 16.6. The van der Waals surface area contributed by atoms with Gasteiger partial charge in [-0.3, -0.25) is 0 Å². The molecule has 488 valence electrons. The minimum Gasteiger partial charge on any atom is -0.508 e. The Morgan fingerprint density at radius 3 is 1.00 bits per heavy atom. The molecule has 0 saturated heterocycles. The van der Waals surface area contributed by atoms with Crippen molar-refractivity contribution in [2.75, 3.05) is 19.8 Å². The highest BCUT2D eigenvalue weighted by Gasteiger charge is 2.46. The number of aliphatic hydroxyl groups is 1. The van der Waals surface area contributed by atoms with Crippen LogP contribution in [0.5, 0.6) is 57.5 Å². The fraction of sp³-hybridized carbons (Fsp3) is 0.169. The molecule has 0 saturated carbocycles. The first-order valence-electron chi connectivity index (χ1n) is 30.5. The molecule has 10 aromatic rings. The smallest absolute Gasteiger partial charge is 0.339 e. The Morgan fingerprint density at radius 2 is 0.698 bits per heavy atom. The average molecular weight is 1300 g/mol. The van der Waals surface area contributed by atoms with Crippen molar-refractivity contribution in [3.05, 3.63) is 285 Å². The number of cyclic esters (lactones) is 2. The Bertz CT molecular complexity index is 4050. The number of phenols is 4. The number of benzene rings is 10. The molecule has 0 aromatic heterocycles. The zero-order valence-corrected chi connectivity index (χ0v) is 52.2. The number of aromatic hydroxyl groups is 4. The number of fused-ring (bicyclic) bond motifs is 3. The fourth-order valence-electron chi connectivity index (χ4n) is 10.3. The fourth-order valence-corrected chi connectivity index (χ4v) is 10.3. The number of esters is 4. The molecule has 5 N–H and O–H groups in total. The first-order chi connectivity index (χ1) is 46.6. The van der Waals surface area contributed by atoms with E-state index < -0.39 is 101 Å². The SMILES string of the molecule is Cc1c(O)cc2c(c1O)-c1c(cc(O)c(C)c1O)C(=O)OC(C(O)(COC(=O)c1cc(OCc3ccccc3)c(OCc3ccccc3)c(OCc3ccccc3)c1)COC(=O)c1cc(OCc3ccccc3)c(OCc3ccccc3)c(OCc3ccccc3)c1)COC2=O. The Morgan fingerprint density at radius 1 is 0.417 bits per heavy atom. The van der Waals surface area contributed by atoms with Crippen LogP contribution in [-0.4, -0.2) is 80.9 Å². The van der Waals surface area contributed by atoms with Crippen LogP contribution in [0.3, 0.4) is 0 Å². The van der Waals surface area contributed by atoms with Gasteiger partial charge in [0.15, 0.2) is 34.7 Å². The molecule has 10 aromatic carbocycles. The van der Waals surface area contributed by atoms with Crippen molar-refractivity contribution in [1.82, 2.24) is 0 Å². The predicted octanol–water partition coefficient (Wildman–Crippen LogP) is 13.4. The second-order valence-corrected chi connectivity index (χ2v) is 22.6. The summed E-state index contributed by atoms with van der Waals surface area (Å²) in [5.41, 5.74) is -1.20. The van der Waals surface area contributed by atoms with Gasteiger partial charge in [0, 0.05) is 22.3 Å². The molecule has 19 nitrogen and oxygen atoms in total. The van der Waals surface area contributed by atoms with Crippen LogP contribution in [0.2, 0.25) is 0 Å². The highest BCUT2D eigenvalue weighted by Crippen LogP contribution is 2.49. The van der Waals surface area contributed by atoms with Gasteiger partial charge < -0.3 is 72.9 Å². The maximum atomic E-state index is 15.0. The van der Waals surface area contributed by atoms with Crippen molar-refractivity contribution in [3.8, 4) is 68.6 Å². The van der Waals surface area contributed by atoms with Gasteiger partial charge in [0.1, 0.15) is 82.5 Å². The summed E-state index contributed by atoms with van der Waals surface area (Å²) in [7, 11) is 0. The van der Waals surface area contributed by atoms with E-state index in [-0.39, 0.29) is 96.4 Å². The molecule has 96 heavy (non-hydrogen) atoms. The lowest BCUT2D eigenvalue weighted by Crippen LogP contribution is -2.55. The van der Waals surface area contributed by atoms with Crippen LogP contribution in [0.1, 0.15) is 85.9 Å². The third-order valence-electron chi connectivity index (χ3n) is 15.8. The topological polar surface area (TPSA) is 262 Å². The number of carbonyl (C=O) groups is 4. The zero-order chi connectivity index (χ0) is 67.1. The summed E-state index contributed by atoms with van der Waals surface area (Å²) in [5, 5.41) is 58.7. The standard InChI is InChI=1S/C77H66O19/c1-48-60(78)37-58-67(69(48)80)68-59(38-61(79)49(2)70(68)81)76(85)96-66(45-93-75(58)84)77(86,46-94-73(82)56-33-62(87-39-50-21-9-3-10-22-50)71(91-43-54-29-17-7-18-30-54)63(34-56)88-40-51-23-11-4-12-24-51)47-95-74(83)57-35-64(89-41-52-25-13-5-14-26-52)72(92-44-55-31-19-8-20-32-55)65(36-57)90-42-53-27-15-6-16-28-53/h3-38,66,78-81,86H,39-47H2,1-2H3. The van der Waals surface area contributed by atoms with E-state index in [9.17, 15) is 44.7 Å². The molecule has 0 fully saturated rings. The van der Waals surface area contributed by atoms with E-state index in [2.05, 4.69) is 0 Å². The average Bonchev–Trinajstić information content (AvgIpc) is 0.753. The van der Waals surface area contributed by atoms with Crippen molar-refractivity contribution >= 4 is 23.9 Å². The third-order valence-corrected chi connectivity index (χ3v) is 15.8. The summed E-state index contributed by atoms with van der Waals surface area (Å²) in [6.45, 7) is -0.754. The summed E-state index contributed by atoms with van der Waals surface area (Å²) in [6.07, 6.45) is -2.17. The van der Waals surface area contributed by atoms with Crippen molar-refractivity contribution < 1.29 is 92.1 Å². The molecule has 0 spiro atoms. The molecule has 0 amide bonds. The van der Waals surface area contributed by atoms with Crippen LogP contribution in [0.25, 0.3) is 11.1 Å². The maximum Gasteiger partial charge on any atom is 0.339 e. The minimum atomic E-state index is -2.91. The minimum absolute atomic E-state index is 0.00232. The Balaban J connectivity index is 0.985. The summed E-state index contributed by atoms with van der Waals surface area (Å²) < 4.78 is 62.4. The normalized spacial score (nSPS) is 12.8. The molecule has 1 atom stereocenters. The number of carbonyl (C=O) groups excluding carboxylic acids is 4. The molecule has 0 bridgehead atoms. The van der Waals surface area contributed by atoms with E-state index >= 15 is 0 Å². The summed E-state index contributed by atoms with van der Waals surface area (Å²) >= 11 is 0. The number of phenolic OH excluding ortho intramolecular Hbond substituents is 4. The van der Waals surface area contributed by atoms with Gasteiger partial charge in [0.2, 0.25) is 11.5 Å². The highest BCUT2D eigenvalue weighted by molar-refractivity contribution is 6.08. The van der Waals surface area contributed by atoms with E-state index in [1.807, 2.05) is 182 Å². The molecule has 0 aliphatic carbocycles. The van der Waals surface area contributed by atoms with Crippen LogP contribution in [0.15, 0.2) is 218 Å². The maximum absolute atomic E-state index is 15.0. The molecule has 1 aliphatic heterocycles. The quantitative estimate of drug-likeness (QED) is 0.0263. The third kappa shape index (κ3) is 15.7. The van der Waals surface area contributed by atoms with Gasteiger partial charge >= 0.3 is 23.9 Å². The number of rotatable bonds is 25. The van der Waals surface area contributed by atoms with Crippen LogP contribution in [0.4, 0.5) is 0 Å². The van der Waals surface area contributed by atoms with Crippen LogP contribution in [0, 0.1) is 13.8 Å². The first kappa shape index (κ1) is 65.5. The molecule has 1 heterocycles. The van der Waals surface area contributed by atoms with Gasteiger partial charge in [-0.2, -0.15) is 0 Å². The summed E-state index contributed by atoms with van der Waals surface area (Å²) in [5.74, 6) is -7.22. The second kappa shape index (κ2) is 30.2. The van der Waals surface area contributed by atoms with Gasteiger partial charge in [-0.1, -0.05) is 182 Å².